The van der Waals surface area contributed by atoms with Crippen LogP contribution < -0.4 is 0 Å². The number of phenols is 1. The fourth-order valence-electron chi connectivity index (χ4n) is 2.59. The Kier molecular flexibility index (Phi) is 3.88. The summed E-state index contributed by atoms with van der Waals surface area (Å²) in [7, 11) is 0. The van der Waals surface area contributed by atoms with Crippen LogP contribution in [0.15, 0.2) is 71.9 Å². The fraction of sp³-hybridized carbons (Fsp3) is 0.0556. The SMILES string of the molecule is Oc1ccc(-n2nnnc2SCc2cccc3ccccc23)cc1. The fourth-order valence-corrected chi connectivity index (χ4v) is 3.48. The van der Waals surface area contributed by atoms with Crippen LogP contribution in [0.25, 0.3) is 16.5 Å². The van der Waals surface area contributed by atoms with Crippen molar-refractivity contribution < 1.29 is 5.11 Å². The van der Waals surface area contributed by atoms with E-state index in [0.29, 0.717) is 5.16 Å². The van der Waals surface area contributed by atoms with Crippen molar-refractivity contribution in [3.05, 3.63) is 72.3 Å². The molecule has 1 N–H and O–H groups in total. The lowest BCUT2D eigenvalue weighted by atomic mass is 10.1. The van der Waals surface area contributed by atoms with Crippen molar-refractivity contribution in [2.75, 3.05) is 0 Å². The standard InChI is InChI=1S/C18H14N4OS/c23-16-10-8-15(9-11-16)22-18(19-20-21-22)24-12-14-6-3-5-13-4-1-2-7-17(13)14/h1-11,23H,12H2. The number of benzene rings is 3. The molecule has 118 valence electrons. The van der Waals surface area contributed by atoms with Gasteiger partial charge in [0, 0.05) is 5.75 Å². The van der Waals surface area contributed by atoms with Gasteiger partial charge in [-0.2, -0.15) is 4.68 Å². The van der Waals surface area contributed by atoms with Crippen LogP contribution in [0.2, 0.25) is 0 Å². The number of hydrogen-bond donors (Lipinski definition) is 1. The van der Waals surface area contributed by atoms with E-state index in [-0.39, 0.29) is 5.75 Å². The van der Waals surface area contributed by atoms with E-state index in [9.17, 15) is 5.11 Å². The molecule has 24 heavy (non-hydrogen) atoms. The van der Waals surface area contributed by atoms with E-state index in [1.54, 1.807) is 40.7 Å². The van der Waals surface area contributed by atoms with Crippen molar-refractivity contribution in [1.29, 1.82) is 0 Å². The van der Waals surface area contributed by atoms with Crippen LogP contribution in [-0.4, -0.2) is 25.3 Å². The monoisotopic (exact) mass is 334 g/mol. The van der Waals surface area contributed by atoms with Crippen LogP contribution in [-0.2, 0) is 5.75 Å². The largest absolute Gasteiger partial charge is 0.508 e. The zero-order valence-electron chi connectivity index (χ0n) is 12.7. The number of aromatic hydroxyl groups is 1. The van der Waals surface area contributed by atoms with Gasteiger partial charge in [0.1, 0.15) is 5.75 Å². The van der Waals surface area contributed by atoms with Gasteiger partial charge in [-0.05, 0) is 51.0 Å². The predicted octanol–water partition coefficient (Wildman–Crippen LogP) is 3.81. The molecule has 0 saturated carbocycles. The molecule has 5 nitrogen and oxygen atoms in total. The maximum atomic E-state index is 9.41. The van der Waals surface area contributed by atoms with Gasteiger partial charge in [-0.25, -0.2) is 0 Å². The maximum absolute atomic E-state index is 9.41. The Hall–Kier alpha value is -2.86. The summed E-state index contributed by atoms with van der Waals surface area (Å²) in [5, 5.41) is 24.5. The Balaban J connectivity index is 1.61. The van der Waals surface area contributed by atoms with E-state index < -0.39 is 0 Å². The van der Waals surface area contributed by atoms with Gasteiger partial charge < -0.3 is 5.11 Å². The summed E-state index contributed by atoms with van der Waals surface area (Å²) >= 11 is 1.59. The van der Waals surface area contributed by atoms with Gasteiger partial charge in [-0.3, -0.25) is 0 Å². The Bertz CT molecular complexity index is 976. The maximum Gasteiger partial charge on any atom is 0.214 e. The lowest BCUT2D eigenvalue weighted by Crippen LogP contribution is -1.98. The molecule has 1 heterocycles. The quantitative estimate of drug-likeness (QED) is 0.575. The highest BCUT2D eigenvalue weighted by Gasteiger charge is 2.10. The first-order valence-corrected chi connectivity index (χ1v) is 8.47. The number of hydrogen-bond acceptors (Lipinski definition) is 5. The first-order valence-electron chi connectivity index (χ1n) is 7.48. The second-order valence-electron chi connectivity index (χ2n) is 5.32. The van der Waals surface area contributed by atoms with Crippen molar-refractivity contribution in [2.45, 2.75) is 10.9 Å². The highest BCUT2D eigenvalue weighted by Crippen LogP contribution is 2.27. The van der Waals surface area contributed by atoms with E-state index >= 15 is 0 Å². The molecule has 0 bridgehead atoms. The molecule has 3 aromatic carbocycles. The summed E-state index contributed by atoms with van der Waals surface area (Å²) < 4.78 is 1.68. The molecular weight excluding hydrogens is 320 g/mol. The Morgan fingerprint density at radius 1 is 0.917 bits per heavy atom. The van der Waals surface area contributed by atoms with Crippen LogP contribution in [0.3, 0.4) is 0 Å². The number of aromatic nitrogens is 4. The van der Waals surface area contributed by atoms with Gasteiger partial charge in [-0.15, -0.1) is 5.10 Å². The lowest BCUT2D eigenvalue weighted by molar-refractivity contribution is 0.475. The first kappa shape index (κ1) is 14.7. The Morgan fingerprint density at radius 3 is 2.58 bits per heavy atom. The topological polar surface area (TPSA) is 63.8 Å². The van der Waals surface area contributed by atoms with Gasteiger partial charge in [0.2, 0.25) is 5.16 Å². The summed E-state index contributed by atoms with van der Waals surface area (Å²) in [6.07, 6.45) is 0. The zero-order valence-corrected chi connectivity index (χ0v) is 13.5. The third kappa shape index (κ3) is 2.83. The lowest BCUT2D eigenvalue weighted by Gasteiger charge is -2.07. The van der Waals surface area contributed by atoms with E-state index in [0.717, 1.165) is 11.4 Å². The molecule has 0 unspecified atom stereocenters. The molecule has 0 aliphatic heterocycles. The molecule has 6 heteroatoms. The van der Waals surface area contributed by atoms with E-state index in [1.165, 1.54) is 16.3 Å². The van der Waals surface area contributed by atoms with Crippen molar-refractivity contribution in [2.24, 2.45) is 0 Å². The molecule has 1 aromatic heterocycles. The summed E-state index contributed by atoms with van der Waals surface area (Å²) in [5.41, 5.74) is 2.07. The molecule has 0 aliphatic rings. The van der Waals surface area contributed by atoms with Gasteiger partial charge in [0.15, 0.2) is 0 Å². The summed E-state index contributed by atoms with van der Waals surface area (Å²) in [5.74, 6) is 0.997. The highest BCUT2D eigenvalue weighted by atomic mass is 32.2. The Labute approximate surface area is 142 Å². The zero-order chi connectivity index (χ0) is 16.4. The minimum Gasteiger partial charge on any atom is -0.508 e. The molecule has 4 rings (SSSR count). The number of tetrazole rings is 1. The predicted molar refractivity (Wildman–Crippen MR) is 94.3 cm³/mol. The van der Waals surface area contributed by atoms with Crippen molar-refractivity contribution in [3.8, 4) is 11.4 Å². The van der Waals surface area contributed by atoms with E-state index in [1.807, 2.05) is 6.07 Å². The number of thioether (sulfide) groups is 1. The molecule has 0 radical (unpaired) electrons. The first-order chi connectivity index (χ1) is 11.8. The third-order valence-corrected chi connectivity index (χ3v) is 4.74. The van der Waals surface area contributed by atoms with Crippen LogP contribution in [0.1, 0.15) is 5.56 Å². The minimum absolute atomic E-state index is 0.219. The van der Waals surface area contributed by atoms with Gasteiger partial charge in [0.25, 0.3) is 0 Å². The number of phenolic OH excluding ortho intramolecular Hbond substituents is 1. The molecule has 0 atom stereocenters. The van der Waals surface area contributed by atoms with Crippen molar-refractivity contribution >= 4 is 22.5 Å². The van der Waals surface area contributed by atoms with Crippen molar-refractivity contribution in [3.63, 3.8) is 0 Å². The van der Waals surface area contributed by atoms with Crippen LogP contribution in [0.4, 0.5) is 0 Å². The van der Waals surface area contributed by atoms with Crippen LogP contribution in [0.5, 0.6) is 5.75 Å². The highest BCUT2D eigenvalue weighted by molar-refractivity contribution is 7.98. The summed E-state index contributed by atoms with van der Waals surface area (Å²) in [6.45, 7) is 0. The smallest absolute Gasteiger partial charge is 0.214 e. The average molecular weight is 334 g/mol. The second-order valence-corrected chi connectivity index (χ2v) is 6.26. The number of rotatable bonds is 4. The van der Waals surface area contributed by atoms with Gasteiger partial charge in [0.05, 0.1) is 5.69 Å². The molecule has 0 amide bonds. The summed E-state index contributed by atoms with van der Waals surface area (Å²) in [6, 6.07) is 21.5. The number of fused-ring (bicyclic) bond motifs is 1. The van der Waals surface area contributed by atoms with Gasteiger partial charge in [-0.1, -0.05) is 54.2 Å². The molecule has 0 fully saturated rings. The Morgan fingerprint density at radius 2 is 1.71 bits per heavy atom. The third-order valence-electron chi connectivity index (χ3n) is 3.77. The molecule has 0 aliphatic carbocycles. The number of nitrogens with zero attached hydrogens (tertiary/aromatic N) is 4. The second kappa shape index (κ2) is 6.33. The van der Waals surface area contributed by atoms with Crippen molar-refractivity contribution in [1.82, 2.24) is 20.2 Å². The minimum atomic E-state index is 0.219. The van der Waals surface area contributed by atoms with Gasteiger partial charge >= 0.3 is 0 Å². The molecule has 0 saturated heterocycles. The van der Waals surface area contributed by atoms with Crippen LogP contribution in [0, 0.1) is 0 Å². The summed E-state index contributed by atoms with van der Waals surface area (Å²) in [4.78, 5) is 0. The molecular formula is C18H14N4OS. The van der Waals surface area contributed by atoms with E-state index in [2.05, 4.69) is 51.9 Å². The normalized spacial score (nSPS) is 11.0. The molecule has 0 spiro atoms. The average Bonchev–Trinajstić information content (AvgIpc) is 3.09. The van der Waals surface area contributed by atoms with Crippen LogP contribution >= 0.6 is 11.8 Å². The van der Waals surface area contributed by atoms with E-state index in [4.69, 9.17) is 0 Å². The molecule has 4 aromatic rings.